The molecule has 1 aromatic rings. The van der Waals surface area contributed by atoms with E-state index in [0.717, 1.165) is 6.42 Å². The van der Waals surface area contributed by atoms with Gasteiger partial charge in [-0.05, 0) is 52.9 Å². The number of ketones is 1. The minimum Gasteiger partial charge on any atom is -0.330 e. The molecule has 0 saturated carbocycles. The van der Waals surface area contributed by atoms with E-state index in [2.05, 4.69) is 29.8 Å². The predicted octanol–water partition coefficient (Wildman–Crippen LogP) is 4.58. The second-order valence-corrected chi connectivity index (χ2v) is 6.58. The van der Waals surface area contributed by atoms with E-state index in [1.807, 2.05) is 0 Å². The maximum Gasteiger partial charge on any atom is 0.165 e. The topological polar surface area (TPSA) is 43.1 Å². The van der Waals surface area contributed by atoms with Crippen LogP contribution in [0.25, 0.3) is 0 Å². The van der Waals surface area contributed by atoms with E-state index >= 15 is 0 Å². The maximum absolute atomic E-state index is 13.9. The van der Waals surface area contributed by atoms with Crippen molar-refractivity contribution < 1.29 is 9.18 Å². The van der Waals surface area contributed by atoms with Gasteiger partial charge in [-0.25, -0.2) is 4.39 Å². The van der Waals surface area contributed by atoms with E-state index in [1.165, 1.54) is 6.07 Å². The van der Waals surface area contributed by atoms with Crippen molar-refractivity contribution in [3.05, 3.63) is 33.0 Å². The first-order valence-corrected chi connectivity index (χ1v) is 7.32. The van der Waals surface area contributed by atoms with Crippen molar-refractivity contribution in [1.82, 2.24) is 0 Å². The third kappa shape index (κ3) is 4.55. The minimum absolute atomic E-state index is 0.0138. The van der Waals surface area contributed by atoms with E-state index in [-0.39, 0.29) is 21.8 Å². The number of hydrogen-bond donors (Lipinski definition) is 1. The lowest BCUT2D eigenvalue weighted by Gasteiger charge is -2.23. The van der Waals surface area contributed by atoms with Crippen LogP contribution >= 0.6 is 27.5 Å². The Balaban J connectivity index is 2.77. The monoisotopic (exact) mass is 349 g/mol. The number of carbonyl (C=O) groups is 1. The first kappa shape index (κ1) is 16.6. The van der Waals surface area contributed by atoms with Crippen LogP contribution in [-0.4, -0.2) is 12.3 Å². The van der Waals surface area contributed by atoms with Crippen molar-refractivity contribution in [1.29, 1.82) is 0 Å². The summed E-state index contributed by atoms with van der Waals surface area (Å²) in [5, 5.41) is -0.0490. The van der Waals surface area contributed by atoms with Gasteiger partial charge < -0.3 is 5.73 Å². The van der Waals surface area contributed by atoms with E-state index < -0.39 is 5.82 Å². The van der Waals surface area contributed by atoms with Crippen LogP contribution in [0.15, 0.2) is 16.6 Å². The molecule has 2 N–H and O–H groups in total. The molecule has 0 amide bonds. The fourth-order valence-corrected chi connectivity index (χ4v) is 2.31. The van der Waals surface area contributed by atoms with Crippen LogP contribution in [0.5, 0.6) is 0 Å². The molecule has 0 fully saturated rings. The maximum atomic E-state index is 13.9. The average Bonchev–Trinajstić information content (AvgIpc) is 2.33. The molecule has 0 radical (unpaired) electrons. The standard InChI is InChI=1S/C14H18BrClFNO/c1-14(2,7-8-18)6-5-11(19)9-3-4-10(15)12(16)13(9)17/h3-4H,5-8,18H2,1-2H3. The molecule has 1 aromatic carbocycles. The number of benzene rings is 1. The number of Topliss-reactive ketones (excluding diaryl/α,β-unsaturated/α-hetero) is 1. The summed E-state index contributed by atoms with van der Waals surface area (Å²) < 4.78 is 14.3. The largest absolute Gasteiger partial charge is 0.330 e. The smallest absolute Gasteiger partial charge is 0.165 e. The molecule has 0 aliphatic carbocycles. The number of rotatable bonds is 6. The highest BCUT2D eigenvalue weighted by Gasteiger charge is 2.21. The zero-order chi connectivity index (χ0) is 14.6. The Morgan fingerprint density at radius 1 is 1.42 bits per heavy atom. The number of nitrogens with two attached hydrogens (primary N) is 1. The fraction of sp³-hybridized carbons (Fsp3) is 0.500. The summed E-state index contributed by atoms with van der Waals surface area (Å²) in [4.78, 5) is 12.0. The van der Waals surface area contributed by atoms with Crippen molar-refractivity contribution in [3.63, 3.8) is 0 Å². The van der Waals surface area contributed by atoms with Gasteiger partial charge in [-0.15, -0.1) is 0 Å². The second-order valence-electron chi connectivity index (χ2n) is 5.35. The first-order chi connectivity index (χ1) is 8.78. The SMILES string of the molecule is CC(C)(CCN)CCC(=O)c1ccc(Br)c(Cl)c1F. The molecule has 0 aliphatic heterocycles. The molecule has 0 saturated heterocycles. The molecule has 0 aliphatic rings. The number of halogens is 3. The van der Waals surface area contributed by atoms with Gasteiger partial charge in [0.1, 0.15) is 0 Å². The predicted molar refractivity (Wildman–Crippen MR) is 80.1 cm³/mol. The zero-order valence-electron chi connectivity index (χ0n) is 11.1. The van der Waals surface area contributed by atoms with Gasteiger partial charge in [0, 0.05) is 10.9 Å². The summed E-state index contributed by atoms with van der Waals surface area (Å²) in [5.41, 5.74) is 5.56. The Morgan fingerprint density at radius 3 is 2.63 bits per heavy atom. The molecule has 5 heteroatoms. The van der Waals surface area contributed by atoms with E-state index in [9.17, 15) is 9.18 Å². The Kier molecular flexibility index (Phi) is 5.96. The summed E-state index contributed by atoms with van der Waals surface area (Å²) >= 11 is 8.90. The van der Waals surface area contributed by atoms with Gasteiger partial charge in [0.2, 0.25) is 0 Å². The highest BCUT2D eigenvalue weighted by atomic mass is 79.9. The van der Waals surface area contributed by atoms with E-state index in [4.69, 9.17) is 17.3 Å². The van der Waals surface area contributed by atoms with Gasteiger partial charge in [0.25, 0.3) is 0 Å². The van der Waals surface area contributed by atoms with Crippen molar-refractivity contribution in [2.45, 2.75) is 33.1 Å². The molecule has 106 valence electrons. The fourth-order valence-electron chi connectivity index (χ4n) is 1.84. The van der Waals surface area contributed by atoms with Crippen LogP contribution in [-0.2, 0) is 0 Å². The number of carbonyl (C=O) groups excluding carboxylic acids is 1. The lowest BCUT2D eigenvalue weighted by atomic mass is 9.83. The molecule has 2 nitrogen and oxygen atoms in total. The molecule has 0 heterocycles. The Hall–Kier alpha value is -0.450. The summed E-state index contributed by atoms with van der Waals surface area (Å²) in [6.07, 6.45) is 1.81. The van der Waals surface area contributed by atoms with Crippen LogP contribution in [0, 0.1) is 11.2 Å². The van der Waals surface area contributed by atoms with Crippen LogP contribution in [0.4, 0.5) is 4.39 Å². The van der Waals surface area contributed by atoms with Crippen molar-refractivity contribution >= 4 is 33.3 Å². The summed E-state index contributed by atoms with van der Waals surface area (Å²) in [6.45, 7) is 4.69. The lowest BCUT2D eigenvalue weighted by molar-refractivity contribution is 0.0957. The zero-order valence-corrected chi connectivity index (χ0v) is 13.4. The highest BCUT2D eigenvalue weighted by molar-refractivity contribution is 9.10. The molecule has 0 aromatic heterocycles. The average molecular weight is 351 g/mol. The molecular formula is C14H18BrClFNO. The van der Waals surface area contributed by atoms with Gasteiger partial charge in [-0.3, -0.25) is 4.79 Å². The van der Waals surface area contributed by atoms with Gasteiger partial charge in [0.05, 0.1) is 10.6 Å². The first-order valence-electron chi connectivity index (χ1n) is 6.15. The molecule has 1 rings (SSSR count). The minimum atomic E-state index is -0.655. The van der Waals surface area contributed by atoms with E-state index in [0.29, 0.717) is 23.9 Å². The van der Waals surface area contributed by atoms with Crippen LogP contribution < -0.4 is 5.73 Å². The van der Waals surface area contributed by atoms with Crippen molar-refractivity contribution in [2.75, 3.05) is 6.54 Å². The molecule has 0 bridgehead atoms. The Labute approximate surface area is 126 Å². The molecule has 19 heavy (non-hydrogen) atoms. The molecule has 0 spiro atoms. The van der Waals surface area contributed by atoms with Gasteiger partial charge in [-0.2, -0.15) is 0 Å². The third-order valence-corrected chi connectivity index (χ3v) is 4.44. The van der Waals surface area contributed by atoms with Crippen LogP contribution in [0.3, 0.4) is 0 Å². The second kappa shape index (κ2) is 6.82. The summed E-state index contributed by atoms with van der Waals surface area (Å²) in [5.74, 6) is -0.880. The summed E-state index contributed by atoms with van der Waals surface area (Å²) in [6, 6.07) is 3.05. The van der Waals surface area contributed by atoms with Crippen molar-refractivity contribution in [3.8, 4) is 0 Å². The van der Waals surface area contributed by atoms with Gasteiger partial charge in [-0.1, -0.05) is 25.4 Å². The summed E-state index contributed by atoms with van der Waals surface area (Å²) in [7, 11) is 0. The molecular weight excluding hydrogens is 333 g/mol. The quantitative estimate of drug-likeness (QED) is 0.603. The third-order valence-electron chi connectivity index (χ3n) is 3.19. The van der Waals surface area contributed by atoms with Gasteiger partial charge in [0.15, 0.2) is 11.6 Å². The highest BCUT2D eigenvalue weighted by Crippen LogP contribution is 2.30. The van der Waals surface area contributed by atoms with Crippen molar-refractivity contribution in [2.24, 2.45) is 11.1 Å². The number of hydrogen-bond acceptors (Lipinski definition) is 2. The normalized spacial score (nSPS) is 11.7. The Morgan fingerprint density at radius 2 is 2.05 bits per heavy atom. The van der Waals surface area contributed by atoms with E-state index in [1.54, 1.807) is 6.07 Å². The Bertz CT molecular complexity index is 477. The molecule has 0 atom stereocenters. The molecule has 0 unspecified atom stereocenters. The lowest BCUT2D eigenvalue weighted by Crippen LogP contribution is -2.18. The van der Waals surface area contributed by atoms with Crippen LogP contribution in [0.2, 0.25) is 5.02 Å². The van der Waals surface area contributed by atoms with Crippen LogP contribution in [0.1, 0.15) is 43.5 Å². The van der Waals surface area contributed by atoms with Gasteiger partial charge >= 0.3 is 0 Å².